The number of rotatable bonds is 5. The predicted molar refractivity (Wildman–Crippen MR) is 71.6 cm³/mol. The number of carboxylic acids is 1. The van der Waals surface area contributed by atoms with Crippen molar-refractivity contribution in [1.82, 2.24) is 4.98 Å². The van der Waals surface area contributed by atoms with Crippen LogP contribution in [0.3, 0.4) is 0 Å². The molecule has 0 aliphatic carbocycles. The van der Waals surface area contributed by atoms with E-state index in [9.17, 15) is 9.90 Å². The van der Waals surface area contributed by atoms with Crippen LogP contribution in [0, 0.1) is 0 Å². The number of aliphatic carboxylic acids is 1. The largest absolute Gasteiger partial charge is 0.481 e. The predicted octanol–water partition coefficient (Wildman–Crippen LogP) is 3.59. The maximum Gasteiger partial charge on any atom is 0.312 e. The normalized spacial score (nSPS) is 12.5. The van der Waals surface area contributed by atoms with Crippen LogP contribution < -0.4 is 0 Å². The Kier molecular flexibility index (Phi) is 3.92. The van der Waals surface area contributed by atoms with Gasteiger partial charge in [-0.3, -0.25) is 9.78 Å². The Bertz CT molecular complexity index is 551. The molecule has 0 radical (unpaired) electrons. The van der Waals surface area contributed by atoms with E-state index < -0.39 is 11.9 Å². The Morgan fingerprint density at radius 1 is 1.28 bits per heavy atom. The fraction of sp³-hybridized carbons (Fsp3) is 0.333. The molecule has 3 heteroatoms. The van der Waals surface area contributed by atoms with Crippen molar-refractivity contribution < 1.29 is 9.90 Å². The molecule has 0 aliphatic heterocycles. The molecule has 0 bridgehead atoms. The highest BCUT2D eigenvalue weighted by Crippen LogP contribution is 2.23. The first-order chi connectivity index (χ1) is 8.72. The van der Waals surface area contributed by atoms with Crippen LogP contribution in [-0.4, -0.2) is 16.1 Å². The summed E-state index contributed by atoms with van der Waals surface area (Å²) in [7, 11) is 0. The van der Waals surface area contributed by atoms with E-state index in [0.717, 1.165) is 23.7 Å². The minimum absolute atomic E-state index is 0.491. The maximum atomic E-state index is 11.3. The summed E-state index contributed by atoms with van der Waals surface area (Å²) in [4.78, 5) is 15.8. The van der Waals surface area contributed by atoms with Gasteiger partial charge in [0.05, 0.1) is 17.1 Å². The number of unbranched alkanes of at least 4 members (excludes halogenated alkanes) is 1. The van der Waals surface area contributed by atoms with Gasteiger partial charge >= 0.3 is 5.97 Å². The van der Waals surface area contributed by atoms with Crippen molar-refractivity contribution in [3.63, 3.8) is 0 Å². The van der Waals surface area contributed by atoms with Gasteiger partial charge in [0.25, 0.3) is 0 Å². The molecular formula is C15H17NO2. The molecule has 2 aromatic rings. The Balaban J connectivity index is 2.35. The number of benzene rings is 1. The fourth-order valence-electron chi connectivity index (χ4n) is 2.08. The number of carboxylic acid groups (broad SMARTS) is 1. The van der Waals surface area contributed by atoms with E-state index in [1.54, 1.807) is 0 Å². The lowest BCUT2D eigenvalue weighted by Crippen LogP contribution is -2.13. The average molecular weight is 243 g/mol. The third-order valence-corrected chi connectivity index (χ3v) is 3.12. The molecule has 1 aromatic carbocycles. The van der Waals surface area contributed by atoms with Gasteiger partial charge in [0, 0.05) is 5.39 Å². The molecule has 1 unspecified atom stereocenters. The van der Waals surface area contributed by atoms with Crippen LogP contribution in [0.4, 0.5) is 0 Å². The summed E-state index contributed by atoms with van der Waals surface area (Å²) in [5, 5.41) is 10.3. The average Bonchev–Trinajstić information content (AvgIpc) is 2.38. The van der Waals surface area contributed by atoms with Crippen molar-refractivity contribution in [3.8, 4) is 0 Å². The van der Waals surface area contributed by atoms with Gasteiger partial charge in [0.15, 0.2) is 0 Å². The maximum absolute atomic E-state index is 11.3. The van der Waals surface area contributed by atoms with Gasteiger partial charge in [-0.25, -0.2) is 0 Å². The van der Waals surface area contributed by atoms with E-state index in [2.05, 4.69) is 11.9 Å². The molecule has 18 heavy (non-hydrogen) atoms. The molecule has 1 aromatic heterocycles. The summed E-state index contributed by atoms with van der Waals surface area (Å²) in [6.07, 6.45) is 2.56. The van der Waals surface area contributed by atoms with Gasteiger partial charge in [0.2, 0.25) is 0 Å². The van der Waals surface area contributed by atoms with Gasteiger partial charge < -0.3 is 5.11 Å². The van der Waals surface area contributed by atoms with E-state index in [1.807, 2.05) is 36.4 Å². The van der Waals surface area contributed by atoms with Crippen molar-refractivity contribution in [2.45, 2.75) is 32.1 Å². The van der Waals surface area contributed by atoms with Crippen LogP contribution in [0.1, 0.15) is 37.8 Å². The summed E-state index contributed by atoms with van der Waals surface area (Å²) < 4.78 is 0. The minimum atomic E-state index is -0.786. The molecule has 1 heterocycles. The molecule has 0 saturated carbocycles. The van der Waals surface area contributed by atoms with E-state index in [1.165, 1.54) is 0 Å². The second-order valence-electron chi connectivity index (χ2n) is 4.46. The van der Waals surface area contributed by atoms with Crippen molar-refractivity contribution in [2.75, 3.05) is 0 Å². The Morgan fingerprint density at radius 3 is 2.78 bits per heavy atom. The fourth-order valence-corrected chi connectivity index (χ4v) is 2.08. The van der Waals surface area contributed by atoms with Crippen LogP contribution in [0.2, 0.25) is 0 Å². The van der Waals surface area contributed by atoms with Crippen LogP contribution in [0.25, 0.3) is 10.9 Å². The zero-order chi connectivity index (χ0) is 13.0. The minimum Gasteiger partial charge on any atom is -0.481 e. The number of hydrogen-bond donors (Lipinski definition) is 1. The summed E-state index contributed by atoms with van der Waals surface area (Å²) in [5.41, 5.74) is 1.52. The van der Waals surface area contributed by atoms with Crippen molar-refractivity contribution >= 4 is 16.9 Å². The number of fused-ring (bicyclic) bond motifs is 1. The molecule has 0 saturated heterocycles. The molecule has 0 spiro atoms. The third kappa shape index (κ3) is 2.67. The molecule has 1 N–H and O–H groups in total. The molecule has 1 atom stereocenters. The molecule has 0 fully saturated rings. The lowest BCUT2D eigenvalue weighted by atomic mass is 9.97. The van der Waals surface area contributed by atoms with Crippen molar-refractivity contribution in [3.05, 3.63) is 42.1 Å². The molecule has 0 amide bonds. The highest BCUT2D eigenvalue weighted by atomic mass is 16.4. The smallest absolute Gasteiger partial charge is 0.312 e. The van der Waals surface area contributed by atoms with Crippen LogP contribution in [0.15, 0.2) is 36.4 Å². The number of nitrogens with zero attached hydrogens (tertiary/aromatic N) is 1. The summed E-state index contributed by atoms with van der Waals surface area (Å²) in [5.74, 6) is -1.28. The topological polar surface area (TPSA) is 50.2 Å². The van der Waals surface area contributed by atoms with Gasteiger partial charge in [0.1, 0.15) is 0 Å². The van der Waals surface area contributed by atoms with Gasteiger partial charge in [-0.05, 0) is 18.6 Å². The molecule has 3 nitrogen and oxygen atoms in total. The van der Waals surface area contributed by atoms with Crippen molar-refractivity contribution in [2.24, 2.45) is 0 Å². The number of aromatic nitrogens is 1. The SMILES string of the molecule is CCCCC(C(=O)O)c1ccc2ccccc2n1. The Labute approximate surface area is 106 Å². The summed E-state index contributed by atoms with van der Waals surface area (Å²) in [6, 6.07) is 11.5. The first-order valence-corrected chi connectivity index (χ1v) is 6.31. The first kappa shape index (κ1) is 12.6. The van der Waals surface area contributed by atoms with Crippen LogP contribution in [-0.2, 0) is 4.79 Å². The number of para-hydroxylation sites is 1. The van der Waals surface area contributed by atoms with Gasteiger partial charge in [-0.1, -0.05) is 44.0 Å². The third-order valence-electron chi connectivity index (χ3n) is 3.12. The van der Waals surface area contributed by atoms with Gasteiger partial charge in [-0.15, -0.1) is 0 Å². The molecular weight excluding hydrogens is 226 g/mol. The standard InChI is InChI=1S/C15H17NO2/c1-2-3-7-12(15(17)18)14-10-9-11-6-4-5-8-13(11)16-14/h4-6,8-10,12H,2-3,7H2,1H3,(H,17,18). The highest BCUT2D eigenvalue weighted by Gasteiger charge is 2.20. The Morgan fingerprint density at radius 2 is 2.06 bits per heavy atom. The first-order valence-electron chi connectivity index (χ1n) is 6.31. The van der Waals surface area contributed by atoms with E-state index in [0.29, 0.717) is 12.1 Å². The molecule has 2 rings (SSSR count). The van der Waals surface area contributed by atoms with E-state index in [-0.39, 0.29) is 0 Å². The summed E-state index contributed by atoms with van der Waals surface area (Å²) in [6.45, 7) is 2.06. The van der Waals surface area contributed by atoms with Crippen LogP contribution in [0.5, 0.6) is 0 Å². The van der Waals surface area contributed by atoms with Gasteiger partial charge in [-0.2, -0.15) is 0 Å². The second kappa shape index (κ2) is 5.63. The summed E-state index contributed by atoms with van der Waals surface area (Å²) >= 11 is 0. The number of hydrogen-bond acceptors (Lipinski definition) is 2. The lowest BCUT2D eigenvalue weighted by molar-refractivity contribution is -0.139. The zero-order valence-corrected chi connectivity index (χ0v) is 10.5. The number of carbonyl (C=O) groups is 1. The van der Waals surface area contributed by atoms with Crippen molar-refractivity contribution in [1.29, 1.82) is 0 Å². The van der Waals surface area contributed by atoms with E-state index >= 15 is 0 Å². The van der Waals surface area contributed by atoms with Crippen LogP contribution >= 0.6 is 0 Å². The quantitative estimate of drug-likeness (QED) is 0.873. The monoisotopic (exact) mass is 243 g/mol. The molecule has 94 valence electrons. The second-order valence-corrected chi connectivity index (χ2v) is 4.46. The highest BCUT2D eigenvalue weighted by molar-refractivity contribution is 5.81. The zero-order valence-electron chi connectivity index (χ0n) is 10.5. The number of pyridine rings is 1. The Hall–Kier alpha value is -1.90. The lowest BCUT2D eigenvalue weighted by Gasteiger charge is -2.11. The van der Waals surface area contributed by atoms with E-state index in [4.69, 9.17) is 0 Å². The molecule has 0 aliphatic rings.